The third-order valence-corrected chi connectivity index (χ3v) is 6.37. The largest absolute Gasteiger partial charge is 0.459 e. The van der Waals surface area contributed by atoms with Crippen LogP contribution in [0.5, 0.6) is 0 Å². The summed E-state index contributed by atoms with van der Waals surface area (Å²) in [5, 5.41) is -0.823. The minimum atomic E-state index is -1.14. The van der Waals surface area contributed by atoms with Crippen LogP contribution in [0.4, 0.5) is 0 Å². The number of hydrogen-bond donors (Lipinski definition) is 1. The maximum Gasteiger partial charge on any atom is 0.338 e. The van der Waals surface area contributed by atoms with Crippen LogP contribution in [-0.2, 0) is 23.7 Å². The average molecular weight is 523 g/mol. The molecular weight excluding hydrogens is 496 g/mol. The second kappa shape index (κ2) is 12.5. The summed E-state index contributed by atoms with van der Waals surface area (Å²) in [7, 11) is 1.37. The van der Waals surface area contributed by atoms with E-state index in [4.69, 9.17) is 23.7 Å². The number of carbonyl (C=O) groups excluding carboxylic acids is 3. The topological polar surface area (TPSA) is 97.4 Å². The predicted molar refractivity (Wildman–Crippen MR) is 136 cm³/mol. The fourth-order valence-electron chi connectivity index (χ4n) is 3.83. The number of methoxy groups -OCH3 is 1. The lowest BCUT2D eigenvalue weighted by molar-refractivity contribution is -0.258. The van der Waals surface area contributed by atoms with Crippen molar-refractivity contribution >= 4 is 30.5 Å². The summed E-state index contributed by atoms with van der Waals surface area (Å²) < 4.78 is 28.4. The van der Waals surface area contributed by atoms with Crippen LogP contribution >= 0.6 is 12.6 Å². The summed E-state index contributed by atoms with van der Waals surface area (Å²) in [5.74, 6) is -1.83. The molecule has 0 N–H and O–H groups in total. The summed E-state index contributed by atoms with van der Waals surface area (Å²) in [4.78, 5) is 38.3. The van der Waals surface area contributed by atoms with Crippen LogP contribution < -0.4 is 0 Å². The normalized spacial score (nSPS) is 23.0. The van der Waals surface area contributed by atoms with Gasteiger partial charge in [-0.15, -0.1) is 0 Å². The number of rotatable bonds is 8. The fraction of sp³-hybridized carbons (Fsp3) is 0.250. The van der Waals surface area contributed by atoms with E-state index in [2.05, 4.69) is 12.6 Å². The lowest BCUT2D eigenvalue weighted by atomic mass is 10.0. The Hall–Kier alpha value is -3.66. The summed E-state index contributed by atoms with van der Waals surface area (Å²) in [6, 6.07) is 25.3. The quantitative estimate of drug-likeness (QED) is 0.270. The molecule has 1 saturated heterocycles. The van der Waals surface area contributed by atoms with Crippen molar-refractivity contribution in [1.82, 2.24) is 0 Å². The smallest absolute Gasteiger partial charge is 0.338 e. The summed E-state index contributed by atoms with van der Waals surface area (Å²) in [5.41, 5.74) is 0.989. The molecule has 0 spiro atoms. The van der Waals surface area contributed by atoms with Crippen LogP contribution in [-0.4, -0.2) is 61.5 Å². The maximum absolute atomic E-state index is 12.9. The number of thiol groups is 1. The van der Waals surface area contributed by atoms with Crippen LogP contribution in [0.2, 0.25) is 0 Å². The molecule has 9 heteroatoms. The third kappa shape index (κ3) is 6.56. The van der Waals surface area contributed by atoms with Gasteiger partial charge in [-0.1, -0.05) is 54.6 Å². The molecule has 1 fully saturated rings. The van der Waals surface area contributed by atoms with Crippen LogP contribution in [0.1, 0.15) is 31.1 Å². The number of hydrogen-bond acceptors (Lipinski definition) is 9. The molecule has 37 heavy (non-hydrogen) atoms. The Bertz CT molecular complexity index is 1190. The Morgan fingerprint density at radius 1 is 0.703 bits per heavy atom. The van der Waals surface area contributed by atoms with E-state index in [-0.39, 0.29) is 6.61 Å². The highest BCUT2D eigenvalue weighted by molar-refractivity contribution is 7.81. The van der Waals surface area contributed by atoms with E-state index in [0.717, 1.165) is 0 Å². The first-order chi connectivity index (χ1) is 18.0. The highest BCUT2D eigenvalue weighted by Crippen LogP contribution is 2.31. The van der Waals surface area contributed by atoms with Crippen molar-refractivity contribution in [2.24, 2.45) is 0 Å². The van der Waals surface area contributed by atoms with Crippen molar-refractivity contribution in [2.45, 2.75) is 29.9 Å². The molecule has 0 amide bonds. The van der Waals surface area contributed by atoms with Crippen LogP contribution in [0, 0.1) is 0 Å². The molecule has 0 unspecified atom stereocenters. The maximum atomic E-state index is 12.9. The minimum Gasteiger partial charge on any atom is -0.459 e. The van der Waals surface area contributed by atoms with Gasteiger partial charge in [-0.05, 0) is 36.4 Å². The van der Waals surface area contributed by atoms with Crippen molar-refractivity contribution in [3.8, 4) is 0 Å². The Labute approximate surface area is 219 Å². The first-order valence-electron chi connectivity index (χ1n) is 11.6. The van der Waals surface area contributed by atoms with Gasteiger partial charge in [0.1, 0.15) is 12.7 Å². The molecule has 3 aromatic rings. The summed E-state index contributed by atoms with van der Waals surface area (Å²) >= 11 is 4.64. The van der Waals surface area contributed by atoms with Gasteiger partial charge < -0.3 is 23.7 Å². The van der Waals surface area contributed by atoms with E-state index in [9.17, 15) is 14.4 Å². The zero-order chi connectivity index (χ0) is 26.2. The molecule has 8 nitrogen and oxygen atoms in total. The second-order valence-corrected chi connectivity index (χ2v) is 8.80. The van der Waals surface area contributed by atoms with Gasteiger partial charge in [0.25, 0.3) is 0 Å². The highest BCUT2D eigenvalue weighted by atomic mass is 32.1. The molecule has 0 bridgehead atoms. The third-order valence-electron chi connectivity index (χ3n) is 5.74. The van der Waals surface area contributed by atoms with Crippen molar-refractivity contribution in [3.05, 3.63) is 108 Å². The highest BCUT2D eigenvalue weighted by Gasteiger charge is 2.50. The number of esters is 3. The monoisotopic (exact) mass is 522 g/mol. The molecule has 0 saturated carbocycles. The van der Waals surface area contributed by atoms with Gasteiger partial charge in [0.05, 0.1) is 21.9 Å². The fourth-order valence-corrected chi connectivity index (χ4v) is 4.21. The molecule has 1 heterocycles. The molecule has 3 aromatic carbocycles. The molecule has 0 aromatic heterocycles. The molecule has 1 aliphatic rings. The number of ether oxygens (including phenoxy) is 5. The Morgan fingerprint density at radius 2 is 1.14 bits per heavy atom. The zero-order valence-electron chi connectivity index (χ0n) is 20.0. The van der Waals surface area contributed by atoms with Gasteiger partial charge in [-0.25, -0.2) is 14.4 Å². The van der Waals surface area contributed by atoms with E-state index in [0.29, 0.717) is 16.7 Å². The van der Waals surface area contributed by atoms with E-state index in [1.165, 1.54) is 7.11 Å². The Morgan fingerprint density at radius 3 is 1.59 bits per heavy atom. The molecule has 4 rings (SSSR count). The number of carbonyl (C=O) groups is 3. The SMILES string of the molecule is CO[C@H]1O[C@H](COC(=O)c2ccccc2)[C@H](S)[C@H](OC(=O)c2ccccc2)[C@H]1OC(=O)c1ccccc1. The zero-order valence-corrected chi connectivity index (χ0v) is 20.9. The van der Waals surface area contributed by atoms with Crippen LogP contribution in [0.25, 0.3) is 0 Å². The first-order valence-corrected chi connectivity index (χ1v) is 12.1. The second-order valence-electron chi connectivity index (χ2n) is 8.21. The van der Waals surface area contributed by atoms with Gasteiger partial charge in [0.15, 0.2) is 18.5 Å². The van der Waals surface area contributed by atoms with E-state index < -0.39 is 47.8 Å². The average Bonchev–Trinajstić information content (AvgIpc) is 2.95. The van der Waals surface area contributed by atoms with Gasteiger partial charge in [-0.2, -0.15) is 12.6 Å². The standard InChI is InChI=1S/C28H26O8S/c1-32-28-23(36-27(31)20-15-9-4-10-16-20)22(35-26(30)19-13-7-3-8-14-19)24(37)21(34-28)17-33-25(29)18-11-5-2-6-12-18/h2-16,21-24,28,37H,17H2,1H3/t21-,22-,23-,24+,28+/m1/s1. The first kappa shape index (κ1) is 26.4. The predicted octanol–water partition coefficient (Wildman–Crippen LogP) is 3.96. The lowest BCUT2D eigenvalue weighted by Gasteiger charge is -2.43. The van der Waals surface area contributed by atoms with Gasteiger partial charge in [-0.3, -0.25) is 0 Å². The van der Waals surface area contributed by atoms with Gasteiger partial charge in [0, 0.05) is 7.11 Å². The molecule has 5 atom stereocenters. The number of benzene rings is 3. The van der Waals surface area contributed by atoms with Crippen molar-refractivity contribution in [1.29, 1.82) is 0 Å². The summed E-state index contributed by atoms with van der Waals surface area (Å²) in [6.07, 6.45) is -4.18. The summed E-state index contributed by atoms with van der Waals surface area (Å²) in [6.45, 7) is -0.194. The van der Waals surface area contributed by atoms with Gasteiger partial charge in [0.2, 0.25) is 0 Å². The minimum absolute atomic E-state index is 0.194. The van der Waals surface area contributed by atoms with Crippen LogP contribution in [0.15, 0.2) is 91.0 Å². The molecule has 0 aliphatic carbocycles. The van der Waals surface area contributed by atoms with E-state index in [1.807, 2.05) is 0 Å². The van der Waals surface area contributed by atoms with Crippen molar-refractivity contribution in [2.75, 3.05) is 13.7 Å². The Kier molecular flexibility index (Phi) is 8.95. The van der Waals surface area contributed by atoms with Crippen LogP contribution in [0.3, 0.4) is 0 Å². The van der Waals surface area contributed by atoms with E-state index >= 15 is 0 Å². The van der Waals surface area contributed by atoms with Gasteiger partial charge >= 0.3 is 17.9 Å². The van der Waals surface area contributed by atoms with E-state index in [1.54, 1.807) is 91.0 Å². The lowest BCUT2D eigenvalue weighted by Crippen LogP contribution is -2.60. The molecule has 0 radical (unpaired) electrons. The Balaban J connectivity index is 1.55. The van der Waals surface area contributed by atoms with Crippen molar-refractivity contribution < 1.29 is 38.1 Å². The molecular formula is C28H26O8S. The van der Waals surface area contributed by atoms with Crippen molar-refractivity contribution in [3.63, 3.8) is 0 Å². The molecule has 1 aliphatic heterocycles. The molecule has 192 valence electrons.